The number of nitrogens with zero attached hydrogens (tertiary/aromatic N) is 3. The number of aromatic nitrogens is 1. The second-order valence-electron chi connectivity index (χ2n) is 6.97. The van der Waals surface area contributed by atoms with Crippen LogP contribution in [-0.4, -0.2) is 44.2 Å². The number of carbonyl (C=O) groups excluding carboxylic acids is 1. The first-order valence-electron chi connectivity index (χ1n) is 8.76. The molecule has 0 spiro atoms. The fourth-order valence-corrected chi connectivity index (χ4v) is 5.43. The number of rotatable bonds is 3. The molecule has 2 fully saturated rings. The summed E-state index contributed by atoms with van der Waals surface area (Å²) in [7, 11) is 0. The van der Waals surface area contributed by atoms with E-state index >= 15 is 0 Å². The number of hydrogen-bond donors (Lipinski definition) is 0. The van der Waals surface area contributed by atoms with Crippen LogP contribution in [0.1, 0.15) is 31.4 Å². The monoisotopic (exact) mass is 375 g/mol. The van der Waals surface area contributed by atoms with Gasteiger partial charge < -0.3 is 9.47 Å². The van der Waals surface area contributed by atoms with Crippen molar-refractivity contribution in [2.45, 2.75) is 32.2 Å². The first-order valence-corrected chi connectivity index (χ1v) is 9.98. The first kappa shape index (κ1) is 16.8. The summed E-state index contributed by atoms with van der Waals surface area (Å²) in [5.41, 5.74) is 1.22. The van der Waals surface area contributed by atoms with E-state index in [-0.39, 0.29) is 11.5 Å². The summed E-state index contributed by atoms with van der Waals surface area (Å²) in [6.45, 7) is 5.23. The minimum atomic E-state index is 0.0317. The molecule has 4 rings (SSSR count). The van der Waals surface area contributed by atoms with Crippen molar-refractivity contribution in [1.82, 2.24) is 14.4 Å². The molecule has 0 aliphatic carbocycles. The van der Waals surface area contributed by atoms with Crippen LogP contribution in [0.5, 0.6) is 0 Å². The molecule has 5 nitrogen and oxygen atoms in total. The first-order chi connectivity index (χ1) is 12.1. The van der Waals surface area contributed by atoms with Crippen molar-refractivity contribution in [3.8, 4) is 0 Å². The molecule has 1 amide bonds. The molecule has 0 aromatic carbocycles. The molecule has 2 bridgehead atoms. The Balaban J connectivity index is 1.56. The molecule has 2 atom stereocenters. The van der Waals surface area contributed by atoms with Crippen LogP contribution >= 0.6 is 24.0 Å². The summed E-state index contributed by atoms with van der Waals surface area (Å²) in [5, 5.41) is 0. The van der Waals surface area contributed by atoms with E-state index in [1.165, 1.54) is 11.8 Å². The third-order valence-corrected chi connectivity index (χ3v) is 6.49. The molecule has 0 radical (unpaired) electrons. The lowest BCUT2D eigenvalue weighted by atomic mass is 9.83. The fourth-order valence-electron chi connectivity index (χ4n) is 4.11. The number of piperidine rings is 1. The van der Waals surface area contributed by atoms with Gasteiger partial charge in [-0.25, -0.2) is 0 Å². The molecule has 3 aliphatic heterocycles. The Labute approximate surface area is 156 Å². The summed E-state index contributed by atoms with van der Waals surface area (Å²) < 4.78 is 2.59. The Bertz CT molecular complexity index is 817. The van der Waals surface area contributed by atoms with Crippen LogP contribution < -0.4 is 5.56 Å². The lowest BCUT2D eigenvalue weighted by molar-refractivity contribution is -0.122. The molecule has 132 valence electrons. The van der Waals surface area contributed by atoms with Crippen LogP contribution in [0, 0.1) is 5.92 Å². The van der Waals surface area contributed by atoms with Crippen LogP contribution in [0.2, 0.25) is 0 Å². The van der Waals surface area contributed by atoms with Crippen molar-refractivity contribution in [2.75, 3.05) is 19.6 Å². The van der Waals surface area contributed by atoms with Crippen molar-refractivity contribution in [3.63, 3.8) is 0 Å². The zero-order chi connectivity index (χ0) is 17.6. The van der Waals surface area contributed by atoms with E-state index in [1.54, 1.807) is 11.0 Å². The van der Waals surface area contributed by atoms with Gasteiger partial charge in [0.05, 0.1) is 4.91 Å². The number of carbonyl (C=O) groups is 1. The number of pyridine rings is 1. The second kappa shape index (κ2) is 6.61. The average Bonchev–Trinajstić information content (AvgIpc) is 2.84. The third kappa shape index (κ3) is 3.04. The quantitative estimate of drug-likeness (QED) is 0.600. The fraction of sp³-hybridized carbons (Fsp3) is 0.500. The zero-order valence-corrected chi connectivity index (χ0v) is 15.8. The van der Waals surface area contributed by atoms with Gasteiger partial charge in [-0.05, 0) is 24.8 Å². The average molecular weight is 376 g/mol. The molecular formula is C18H21N3O2S2. The minimum Gasteiger partial charge on any atom is -0.375 e. The largest absolute Gasteiger partial charge is 0.375 e. The number of thioether (sulfide) groups is 1. The topological polar surface area (TPSA) is 45.6 Å². The van der Waals surface area contributed by atoms with Crippen LogP contribution in [0.3, 0.4) is 0 Å². The highest BCUT2D eigenvalue weighted by Gasteiger charge is 2.36. The lowest BCUT2D eigenvalue weighted by Gasteiger charge is -2.42. The second-order valence-corrected chi connectivity index (χ2v) is 8.65. The van der Waals surface area contributed by atoms with E-state index in [9.17, 15) is 9.59 Å². The van der Waals surface area contributed by atoms with Gasteiger partial charge in [-0.2, -0.15) is 0 Å². The smallest absolute Gasteiger partial charge is 0.267 e. The van der Waals surface area contributed by atoms with E-state index in [1.807, 2.05) is 23.8 Å². The third-order valence-electron chi connectivity index (χ3n) is 5.13. The van der Waals surface area contributed by atoms with Crippen LogP contribution in [-0.2, 0) is 11.3 Å². The summed E-state index contributed by atoms with van der Waals surface area (Å²) >= 11 is 6.75. The van der Waals surface area contributed by atoms with Gasteiger partial charge in [0, 0.05) is 50.1 Å². The van der Waals surface area contributed by atoms with E-state index in [2.05, 4.69) is 11.0 Å². The Morgan fingerprint density at radius 3 is 2.92 bits per heavy atom. The summed E-state index contributed by atoms with van der Waals surface area (Å²) in [4.78, 5) is 29.3. The molecule has 2 saturated heterocycles. The number of likely N-dealkylation sites (tertiary alicyclic amines) is 1. The van der Waals surface area contributed by atoms with Gasteiger partial charge in [0.1, 0.15) is 4.32 Å². The van der Waals surface area contributed by atoms with E-state index < -0.39 is 0 Å². The van der Waals surface area contributed by atoms with Gasteiger partial charge in [-0.1, -0.05) is 37.0 Å². The van der Waals surface area contributed by atoms with E-state index in [4.69, 9.17) is 12.2 Å². The van der Waals surface area contributed by atoms with Gasteiger partial charge in [0.15, 0.2) is 0 Å². The molecule has 0 N–H and O–H groups in total. The maximum atomic E-state index is 12.5. The zero-order valence-electron chi connectivity index (χ0n) is 14.2. The van der Waals surface area contributed by atoms with Crippen LogP contribution in [0.15, 0.2) is 34.1 Å². The Hall–Kier alpha value is -1.60. The Morgan fingerprint density at radius 2 is 2.12 bits per heavy atom. The SMILES string of the molecule is CCCN1C(=O)/C(=C/N2C[C@H]3C[C@@H](C2)c2cccc(=O)n2C3)SC1=S. The van der Waals surface area contributed by atoms with Crippen molar-refractivity contribution < 1.29 is 4.79 Å². The van der Waals surface area contributed by atoms with Gasteiger partial charge in [-0.15, -0.1) is 0 Å². The van der Waals surface area contributed by atoms with Crippen molar-refractivity contribution >= 4 is 34.2 Å². The van der Waals surface area contributed by atoms with E-state index in [0.717, 1.165) is 43.1 Å². The molecule has 7 heteroatoms. The molecule has 25 heavy (non-hydrogen) atoms. The highest BCUT2D eigenvalue weighted by atomic mass is 32.2. The molecule has 4 heterocycles. The predicted octanol–water partition coefficient (Wildman–Crippen LogP) is 2.38. The maximum absolute atomic E-state index is 12.5. The highest BCUT2D eigenvalue weighted by molar-refractivity contribution is 8.26. The number of fused-ring (bicyclic) bond motifs is 4. The summed E-state index contributed by atoms with van der Waals surface area (Å²) in [6.07, 6.45) is 4.01. The molecule has 3 aliphatic rings. The molecule has 0 unspecified atom stereocenters. The van der Waals surface area contributed by atoms with Gasteiger partial charge >= 0.3 is 0 Å². The van der Waals surface area contributed by atoms with Gasteiger partial charge in [-0.3, -0.25) is 14.5 Å². The van der Waals surface area contributed by atoms with Crippen LogP contribution in [0.4, 0.5) is 0 Å². The number of amides is 1. The molecule has 0 saturated carbocycles. The van der Waals surface area contributed by atoms with Crippen LogP contribution in [0.25, 0.3) is 0 Å². The lowest BCUT2D eigenvalue weighted by Crippen LogP contribution is -2.45. The van der Waals surface area contributed by atoms with Crippen molar-refractivity contribution in [3.05, 3.63) is 45.4 Å². The van der Waals surface area contributed by atoms with Crippen molar-refractivity contribution in [2.24, 2.45) is 5.92 Å². The molecule has 1 aromatic rings. The predicted molar refractivity (Wildman–Crippen MR) is 103 cm³/mol. The van der Waals surface area contributed by atoms with Gasteiger partial charge in [0.2, 0.25) is 0 Å². The van der Waals surface area contributed by atoms with Gasteiger partial charge in [0.25, 0.3) is 11.5 Å². The Morgan fingerprint density at radius 1 is 1.28 bits per heavy atom. The highest BCUT2D eigenvalue weighted by Crippen LogP contribution is 2.37. The summed E-state index contributed by atoms with van der Waals surface area (Å²) in [5.74, 6) is 0.825. The molecular weight excluding hydrogens is 354 g/mol. The minimum absolute atomic E-state index is 0.0317. The number of thiocarbonyl (C=S) groups is 1. The number of hydrogen-bond acceptors (Lipinski definition) is 5. The Kier molecular flexibility index (Phi) is 4.45. The maximum Gasteiger partial charge on any atom is 0.267 e. The standard InChI is InChI=1S/C18H21N3O2S2/c1-2-6-20-17(23)15(25-18(20)24)11-19-8-12-7-13(10-19)14-4-3-5-16(22)21(14)9-12/h3-5,11-13H,2,6-10H2,1H3/b15-11-/t12-,13+/m1/s1. The summed E-state index contributed by atoms with van der Waals surface area (Å²) in [6, 6.07) is 5.55. The molecule has 1 aromatic heterocycles. The normalized spacial score (nSPS) is 27.2. The van der Waals surface area contributed by atoms with Crippen molar-refractivity contribution in [1.29, 1.82) is 0 Å². The van der Waals surface area contributed by atoms with E-state index in [0.29, 0.717) is 22.7 Å².